The summed E-state index contributed by atoms with van der Waals surface area (Å²) in [5, 5.41) is 1.00. The Balaban J connectivity index is 2.05. The Hall–Kier alpha value is -1.69. The Kier molecular flexibility index (Phi) is 3.71. The molecule has 0 unspecified atom stereocenters. The number of fused-ring (bicyclic) bond motifs is 1. The predicted octanol–water partition coefficient (Wildman–Crippen LogP) is 4.07. The number of hydrogen-bond acceptors (Lipinski definition) is 4. The Bertz CT molecular complexity index is 887. The molecule has 1 fully saturated rings. The van der Waals surface area contributed by atoms with Crippen molar-refractivity contribution in [2.45, 2.75) is 19.4 Å². The summed E-state index contributed by atoms with van der Waals surface area (Å²) in [6, 6.07) is 7.80. The van der Waals surface area contributed by atoms with Crippen LogP contribution < -0.4 is 0 Å². The van der Waals surface area contributed by atoms with E-state index < -0.39 is 0 Å². The van der Waals surface area contributed by atoms with E-state index >= 15 is 0 Å². The molecule has 7 heteroatoms. The van der Waals surface area contributed by atoms with Crippen LogP contribution in [0, 0.1) is 6.92 Å². The first-order valence-corrected chi connectivity index (χ1v) is 8.15. The monoisotopic (exact) mass is 348 g/mol. The van der Waals surface area contributed by atoms with E-state index in [0.29, 0.717) is 28.1 Å². The summed E-state index contributed by atoms with van der Waals surface area (Å²) < 4.78 is 7.64. The fourth-order valence-corrected chi connectivity index (χ4v) is 3.42. The number of halogens is 2. The van der Waals surface area contributed by atoms with Crippen molar-refractivity contribution < 1.29 is 4.74 Å². The van der Waals surface area contributed by atoms with Crippen LogP contribution in [0.25, 0.3) is 22.6 Å². The molecule has 0 spiro atoms. The minimum absolute atomic E-state index is 0.164. The predicted molar refractivity (Wildman–Crippen MR) is 90.0 cm³/mol. The molecular weight excluding hydrogens is 335 g/mol. The lowest BCUT2D eigenvalue weighted by Gasteiger charge is -2.15. The van der Waals surface area contributed by atoms with Crippen LogP contribution in [0.15, 0.2) is 24.3 Å². The second-order valence-electron chi connectivity index (χ2n) is 5.54. The minimum Gasteiger partial charge on any atom is -0.379 e. The summed E-state index contributed by atoms with van der Waals surface area (Å²) in [4.78, 5) is 13.5. The summed E-state index contributed by atoms with van der Waals surface area (Å²) >= 11 is 12.7. The first-order chi connectivity index (χ1) is 11.1. The Morgan fingerprint density at radius 2 is 2.00 bits per heavy atom. The Morgan fingerprint density at radius 3 is 2.74 bits per heavy atom. The fourth-order valence-electron chi connectivity index (χ4n) is 2.95. The Labute approximate surface area is 143 Å². The molecule has 1 aromatic carbocycles. The summed E-state index contributed by atoms with van der Waals surface area (Å²) in [7, 11) is 0. The van der Waals surface area contributed by atoms with Crippen LogP contribution in [-0.2, 0) is 4.74 Å². The van der Waals surface area contributed by atoms with Crippen LogP contribution in [-0.4, -0.2) is 32.7 Å². The number of rotatable bonds is 2. The number of hydrogen-bond donors (Lipinski definition) is 0. The van der Waals surface area contributed by atoms with Gasteiger partial charge in [0.15, 0.2) is 10.8 Å². The molecule has 3 heterocycles. The Morgan fingerprint density at radius 1 is 1.17 bits per heavy atom. The van der Waals surface area contributed by atoms with Gasteiger partial charge in [0.2, 0.25) is 0 Å². The number of aromatic nitrogens is 4. The van der Waals surface area contributed by atoms with Gasteiger partial charge in [-0.1, -0.05) is 35.3 Å². The van der Waals surface area contributed by atoms with Crippen LogP contribution in [0.4, 0.5) is 0 Å². The van der Waals surface area contributed by atoms with Gasteiger partial charge < -0.3 is 9.30 Å². The maximum Gasteiger partial charge on any atom is 0.165 e. The summed E-state index contributed by atoms with van der Waals surface area (Å²) in [5.74, 6) is 1.37. The lowest BCUT2D eigenvalue weighted by Crippen LogP contribution is -2.11. The van der Waals surface area contributed by atoms with Crippen molar-refractivity contribution in [1.82, 2.24) is 19.5 Å². The molecule has 118 valence electrons. The van der Waals surface area contributed by atoms with Crippen LogP contribution in [0.5, 0.6) is 0 Å². The van der Waals surface area contributed by atoms with Crippen molar-refractivity contribution in [3.05, 3.63) is 40.3 Å². The van der Waals surface area contributed by atoms with E-state index in [1.807, 2.05) is 31.2 Å². The molecule has 23 heavy (non-hydrogen) atoms. The summed E-state index contributed by atoms with van der Waals surface area (Å²) in [5.41, 5.74) is 2.18. The molecule has 2 aromatic heterocycles. The van der Waals surface area contributed by atoms with E-state index in [1.54, 1.807) is 0 Å². The molecule has 3 aromatic rings. The second kappa shape index (κ2) is 5.74. The fraction of sp³-hybridized carbons (Fsp3) is 0.312. The van der Waals surface area contributed by atoms with Crippen molar-refractivity contribution in [3.63, 3.8) is 0 Å². The van der Waals surface area contributed by atoms with Gasteiger partial charge in [0.05, 0.1) is 17.7 Å². The first kappa shape index (κ1) is 14.9. The highest BCUT2D eigenvalue weighted by Crippen LogP contribution is 2.35. The second-order valence-corrected chi connectivity index (χ2v) is 6.30. The molecule has 4 rings (SSSR count). The van der Waals surface area contributed by atoms with E-state index in [1.165, 1.54) is 0 Å². The standard InChI is InChI=1S/C16H14Cl2N4O/c1-9-19-14(18)13-16(20-9)22(10-6-7-23-8-10)15(21-13)11-4-2-3-5-12(11)17/h2-5,10H,6-8H2,1H3/t10-/m1/s1. The lowest BCUT2D eigenvalue weighted by atomic mass is 10.2. The number of benzene rings is 1. The molecule has 0 aliphatic carbocycles. The van der Waals surface area contributed by atoms with Crippen LogP contribution in [0.3, 0.4) is 0 Å². The molecule has 1 aliphatic heterocycles. The highest BCUT2D eigenvalue weighted by molar-refractivity contribution is 6.34. The smallest absolute Gasteiger partial charge is 0.165 e. The molecular formula is C16H14Cl2N4O. The van der Waals surface area contributed by atoms with Gasteiger partial charge >= 0.3 is 0 Å². The number of imidazole rings is 1. The summed E-state index contributed by atoms with van der Waals surface area (Å²) in [6.07, 6.45) is 0.906. The van der Waals surface area contributed by atoms with Crippen LogP contribution in [0.1, 0.15) is 18.3 Å². The largest absolute Gasteiger partial charge is 0.379 e. The summed E-state index contributed by atoms with van der Waals surface area (Å²) in [6.45, 7) is 3.18. The van der Waals surface area contributed by atoms with E-state index in [4.69, 9.17) is 32.9 Å². The van der Waals surface area contributed by atoms with Gasteiger partial charge in [0, 0.05) is 12.2 Å². The molecule has 0 radical (unpaired) electrons. The van der Waals surface area contributed by atoms with Gasteiger partial charge in [-0.2, -0.15) is 0 Å². The number of ether oxygens (including phenoxy) is 1. The highest BCUT2D eigenvalue weighted by atomic mass is 35.5. The molecule has 0 N–H and O–H groups in total. The SMILES string of the molecule is Cc1nc(Cl)c2nc(-c3ccccc3Cl)n([C@@H]3CCOC3)c2n1. The molecule has 1 saturated heterocycles. The van der Waals surface area contributed by atoms with Crippen molar-refractivity contribution in [2.75, 3.05) is 13.2 Å². The van der Waals surface area contributed by atoms with Gasteiger partial charge in [0.25, 0.3) is 0 Å². The van der Waals surface area contributed by atoms with Gasteiger partial charge in [-0.25, -0.2) is 15.0 Å². The average molecular weight is 349 g/mol. The van der Waals surface area contributed by atoms with Crippen molar-refractivity contribution in [2.24, 2.45) is 0 Å². The van der Waals surface area contributed by atoms with E-state index in [0.717, 1.165) is 30.1 Å². The molecule has 0 amide bonds. The van der Waals surface area contributed by atoms with Crippen LogP contribution in [0.2, 0.25) is 10.2 Å². The minimum atomic E-state index is 0.164. The zero-order valence-corrected chi connectivity index (χ0v) is 14.0. The van der Waals surface area contributed by atoms with Crippen molar-refractivity contribution in [1.29, 1.82) is 0 Å². The zero-order valence-electron chi connectivity index (χ0n) is 12.5. The zero-order chi connectivity index (χ0) is 16.0. The topological polar surface area (TPSA) is 52.8 Å². The van der Waals surface area contributed by atoms with Gasteiger partial charge in [-0.05, 0) is 25.5 Å². The molecule has 1 atom stereocenters. The van der Waals surface area contributed by atoms with Crippen molar-refractivity contribution >= 4 is 34.4 Å². The maximum atomic E-state index is 6.38. The average Bonchev–Trinajstić information content (AvgIpc) is 3.14. The molecule has 0 saturated carbocycles. The maximum absolute atomic E-state index is 6.38. The third-order valence-corrected chi connectivity index (χ3v) is 4.59. The molecule has 0 bridgehead atoms. The molecule has 5 nitrogen and oxygen atoms in total. The van der Waals surface area contributed by atoms with Gasteiger partial charge in [-0.15, -0.1) is 0 Å². The normalized spacial score (nSPS) is 18.0. The quantitative estimate of drug-likeness (QED) is 0.655. The number of nitrogens with zero attached hydrogens (tertiary/aromatic N) is 4. The van der Waals surface area contributed by atoms with Gasteiger partial charge in [-0.3, -0.25) is 0 Å². The van der Waals surface area contributed by atoms with Crippen LogP contribution >= 0.6 is 23.2 Å². The third kappa shape index (κ3) is 2.49. The van der Waals surface area contributed by atoms with E-state index in [-0.39, 0.29) is 6.04 Å². The highest BCUT2D eigenvalue weighted by Gasteiger charge is 2.27. The first-order valence-electron chi connectivity index (χ1n) is 7.40. The lowest BCUT2D eigenvalue weighted by molar-refractivity contribution is 0.187. The molecule has 1 aliphatic rings. The van der Waals surface area contributed by atoms with Crippen molar-refractivity contribution in [3.8, 4) is 11.4 Å². The third-order valence-electron chi connectivity index (χ3n) is 3.99. The van der Waals surface area contributed by atoms with E-state index in [2.05, 4.69) is 14.5 Å². The van der Waals surface area contributed by atoms with Gasteiger partial charge in [0.1, 0.15) is 17.2 Å². The number of aryl methyl sites for hydroxylation is 1. The van der Waals surface area contributed by atoms with E-state index in [9.17, 15) is 0 Å².